The van der Waals surface area contributed by atoms with Gasteiger partial charge in [0.1, 0.15) is 0 Å². The Balaban J connectivity index is 2.13. The number of methoxy groups -OCH3 is 1. The molecule has 2 atom stereocenters. The lowest BCUT2D eigenvalue weighted by atomic mass is 9.91. The summed E-state index contributed by atoms with van der Waals surface area (Å²) in [7, 11) is 1.66. The summed E-state index contributed by atoms with van der Waals surface area (Å²) in [5, 5.41) is 0. The van der Waals surface area contributed by atoms with Crippen molar-refractivity contribution in [2.75, 3.05) is 20.3 Å². The van der Waals surface area contributed by atoms with Crippen molar-refractivity contribution in [1.82, 2.24) is 0 Å². The average Bonchev–Trinajstić information content (AvgIpc) is 2.18. The molecule has 0 aromatic carbocycles. The Morgan fingerprint density at radius 2 is 2.57 bits per heavy atom. The molecule has 1 saturated heterocycles. The molecule has 0 aromatic heterocycles. The average molecular weight is 193 g/mol. The molecular formula is C11H15NO2. The summed E-state index contributed by atoms with van der Waals surface area (Å²) < 4.78 is 10.5. The molecule has 0 bridgehead atoms. The third-order valence-corrected chi connectivity index (χ3v) is 2.64. The molecule has 1 fully saturated rings. The predicted octanol–water partition coefficient (Wildman–Crippen LogP) is 1.56. The minimum atomic E-state index is -0.116. The Morgan fingerprint density at radius 3 is 3.14 bits per heavy atom. The number of dihydropyridines is 1. The summed E-state index contributed by atoms with van der Waals surface area (Å²) in [6.45, 7) is 5.38. The molecule has 14 heavy (non-hydrogen) atoms. The van der Waals surface area contributed by atoms with Crippen molar-refractivity contribution in [3.8, 4) is 0 Å². The first-order valence-corrected chi connectivity index (χ1v) is 4.88. The molecule has 3 nitrogen and oxygen atoms in total. The van der Waals surface area contributed by atoms with Gasteiger partial charge >= 0.3 is 0 Å². The first-order valence-electron chi connectivity index (χ1n) is 4.88. The van der Waals surface area contributed by atoms with Gasteiger partial charge in [-0.1, -0.05) is 18.7 Å². The molecule has 0 amide bonds. The van der Waals surface area contributed by atoms with Gasteiger partial charge in [-0.3, -0.25) is 4.99 Å². The number of aliphatic imine (C=N–C) groups is 1. The van der Waals surface area contributed by atoms with Crippen LogP contribution in [0.1, 0.15) is 6.42 Å². The molecule has 0 spiro atoms. The Hall–Kier alpha value is -0.930. The zero-order valence-electron chi connectivity index (χ0n) is 8.40. The highest BCUT2D eigenvalue weighted by atomic mass is 16.7. The summed E-state index contributed by atoms with van der Waals surface area (Å²) in [5.41, 5.74) is 2.25. The SMILES string of the molecule is C=CC1=CCCN=C1C1COC1OC. The van der Waals surface area contributed by atoms with Crippen molar-refractivity contribution in [2.24, 2.45) is 10.9 Å². The number of hydrogen-bond acceptors (Lipinski definition) is 3. The summed E-state index contributed by atoms with van der Waals surface area (Å²) >= 11 is 0. The zero-order valence-corrected chi connectivity index (χ0v) is 8.40. The molecular weight excluding hydrogens is 178 g/mol. The van der Waals surface area contributed by atoms with Gasteiger partial charge in [-0.2, -0.15) is 0 Å². The standard InChI is InChI=1S/C11H15NO2/c1-3-8-5-4-6-12-10(8)9-7-14-11(9)13-2/h3,5,9,11H,1,4,6-7H2,2H3. The third kappa shape index (κ3) is 1.53. The molecule has 0 radical (unpaired) electrons. The van der Waals surface area contributed by atoms with E-state index in [1.807, 2.05) is 6.08 Å². The van der Waals surface area contributed by atoms with Gasteiger partial charge in [-0.05, 0) is 12.0 Å². The number of rotatable bonds is 3. The van der Waals surface area contributed by atoms with Crippen LogP contribution in [0, 0.1) is 5.92 Å². The van der Waals surface area contributed by atoms with Crippen LogP contribution in [0.4, 0.5) is 0 Å². The number of allylic oxidation sites excluding steroid dienone is 2. The van der Waals surface area contributed by atoms with Gasteiger partial charge in [0.15, 0.2) is 6.29 Å². The molecule has 3 heteroatoms. The van der Waals surface area contributed by atoms with Crippen molar-refractivity contribution in [2.45, 2.75) is 12.7 Å². The van der Waals surface area contributed by atoms with E-state index in [0.29, 0.717) is 12.5 Å². The smallest absolute Gasteiger partial charge is 0.167 e. The van der Waals surface area contributed by atoms with Gasteiger partial charge in [-0.25, -0.2) is 0 Å². The van der Waals surface area contributed by atoms with E-state index in [9.17, 15) is 0 Å². The van der Waals surface area contributed by atoms with Crippen LogP contribution in [-0.2, 0) is 9.47 Å². The van der Waals surface area contributed by atoms with E-state index < -0.39 is 0 Å². The Kier molecular flexibility index (Phi) is 2.79. The van der Waals surface area contributed by atoms with Crippen molar-refractivity contribution >= 4 is 5.71 Å². The fourth-order valence-electron chi connectivity index (χ4n) is 1.83. The lowest BCUT2D eigenvalue weighted by Crippen LogP contribution is -2.46. The number of ether oxygens (including phenoxy) is 2. The minimum absolute atomic E-state index is 0.116. The van der Waals surface area contributed by atoms with Crippen LogP contribution in [0.2, 0.25) is 0 Å². The molecule has 76 valence electrons. The van der Waals surface area contributed by atoms with Gasteiger partial charge in [-0.15, -0.1) is 0 Å². The lowest BCUT2D eigenvalue weighted by Gasteiger charge is -2.37. The summed E-state index contributed by atoms with van der Waals surface area (Å²) in [4.78, 5) is 4.52. The van der Waals surface area contributed by atoms with Crippen LogP contribution < -0.4 is 0 Å². The van der Waals surface area contributed by atoms with Gasteiger partial charge in [0.2, 0.25) is 0 Å². The summed E-state index contributed by atoms with van der Waals surface area (Å²) in [6, 6.07) is 0. The molecule has 2 heterocycles. The van der Waals surface area contributed by atoms with E-state index in [0.717, 1.165) is 24.3 Å². The van der Waals surface area contributed by atoms with Crippen molar-refractivity contribution in [3.63, 3.8) is 0 Å². The zero-order chi connectivity index (χ0) is 9.97. The van der Waals surface area contributed by atoms with Crippen LogP contribution in [0.3, 0.4) is 0 Å². The Bertz CT molecular complexity index is 292. The van der Waals surface area contributed by atoms with Gasteiger partial charge in [0, 0.05) is 13.7 Å². The molecule has 2 unspecified atom stereocenters. The molecule has 2 aliphatic heterocycles. The monoisotopic (exact) mass is 193 g/mol. The van der Waals surface area contributed by atoms with Gasteiger partial charge in [0.05, 0.1) is 18.2 Å². The predicted molar refractivity (Wildman–Crippen MR) is 55.4 cm³/mol. The van der Waals surface area contributed by atoms with Crippen LogP contribution in [0.15, 0.2) is 29.3 Å². The highest BCUT2D eigenvalue weighted by molar-refractivity contribution is 6.05. The minimum Gasteiger partial charge on any atom is -0.355 e. The van der Waals surface area contributed by atoms with E-state index in [4.69, 9.17) is 9.47 Å². The second-order valence-electron chi connectivity index (χ2n) is 3.46. The van der Waals surface area contributed by atoms with Crippen molar-refractivity contribution in [1.29, 1.82) is 0 Å². The maximum Gasteiger partial charge on any atom is 0.167 e. The summed E-state index contributed by atoms with van der Waals surface area (Å²) in [5.74, 6) is 0.296. The Labute approximate surface area is 84.1 Å². The first kappa shape index (κ1) is 9.62. The van der Waals surface area contributed by atoms with Crippen LogP contribution in [0.25, 0.3) is 0 Å². The molecule has 0 N–H and O–H groups in total. The Morgan fingerprint density at radius 1 is 1.71 bits per heavy atom. The topological polar surface area (TPSA) is 30.8 Å². The largest absolute Gasteiger partial charge is 0.355 e. The number of nitrogens with zero attached hydrogens (tertiary/aromatic N) is 1. The van der Waals surface area contributed by atoms with E-state index in [-0.39, 0.29) is 6.29 Å². The second kappa shape index (κ2) is 4.07. The lowest BCUT2D eigenvalue weighted by molar-refractivity contribution is -0.225. The fraction of sp³-hybridized carbons (Fsp3) is 0.545. The maximum absolute atomic E-state index is 5.27. The van der Waals surface area contributed by atoms with E-state index in [1.54, 1.807) is 7.11 Å². The van der Waals surface area contributed by atoms with Crippen LogP contribution >= 0.6 is 0 Å². The first-order chi connectivity index (χ1) is 6.86. The molecule has 0 aliphatic carbocycles. The van der Waals surface area contributed by atoms with Crippen LogP contribution in [-0.4, -0.2) is 32.3 Å². The summed E-state index contributed by atoms with van der Waals surface area (Å²) in [6.07, 6.45) is 4.94. The molecule has 2 aliphatic rings. The molecule has 2 rings (SSSR count). The van der Waals surface area contributed by atoms with Crippen molar-refractivity contribution < 1.29 is 9.47 Å². The highest BCUT2D eigenvalue weighted by Crippen LogP contribution is 2.27. The van der Waals surface area contributed by atoms with Gasteiger partial charge in [0.25, 0.3) is 0 Å². The van der Waals surface area contributed by atoms with E-state index in [1.165, 1.54) is 0 Å². The molecule has 0 saturated carbocycles. The number of hydrogen-bond donors (Lipinski definition) is 0. The second-order valence-corrected chi connectivity index (χ2v) is 3.46. The maximum atomic E-state index is 5.27. The molecule has 0 aromatic rings. The fourth-order valence-corrected chi connectivity index (χ4v) is 1.83. The van der Waals surface area contributed by atoms with Gasteiger partial charge < -0.3 is 9.47 Å². The van der Waals surface area contributed by atoms with E-state index >= 15 is 0 Å². The normalized spacial score (nSPS) is 31.5. The highest BCUT2D eigenvalue weighted by Gasteiger charge is 2.37. The quantitative estimate of drug-likeness (QED) is 0.681. The van der Waals surface area contributed by atoms with Crippen molar-refractivity contribution in [3.05, 3.63) is 24.3 Å². The third-order valence-electron chi connectivity index (χ3n) is 2.64. The van der Waals surface area contributed by atoms with Crippen LogP contribution in [0.5, 0.6) is 0 Å². The van der Waals surface area contributed by atoms with E-state index in [2.05, 4.69) is 17.6 Å².